The van der Waals surface area contributed by atoms with Gasteiger partial charge in [0.05, 0.1) is 46.2 Å². The zero-order valence-electron chi connectivity index (χ0n) is 33.2. The minimum atomic E-state index is -0.560. The third-order valence-corrected chi connectivity index (χ3v) is 11.2. The van der Waals surface area contributed by atoms with Crippen LogP contribution in [0.3, 0.4) is 0 Å². The van der Waals surface area contributed by atoms with Crippen LogP contribution in [0.2, 0.25) is 5.02 Å². The average Bonchev–Trinajstić information content (AvgIpc) is 3.80. The van der Waals surface area contributed by atoms with Crippen LogP contribution in [0.4, 0.5) is 0 Å². The predicted molar refractivity (Wildman–Crippen MR) is 229 cm³/mol. The van der Waals surface area contributed by atoms with Gasteiger partial charge in [-0.2, -0.15) is 0 Å². The Kier molecular flexibility index (Phi) is 14.5. The summed E-state index contributed by atoms with van der Waals surface area (Å²) in [5.74, 6) is 0.837. The zero-order chi connectivity index (χ0) is 40.1. The van der Waals surface area contributed by atoms with Gasteiger partial charge in [0.15, 0.2) is 0 Å². The standard InChI is InChI=1S/C51H51ClO7/c52-46-26-23-42(30-43(46)29-37-21-24-44(25-22-37)58-45-27-28-53-35-45)48-50(56-33-40-17-9-3-10-18-40)51(57-34-41-19-11-4-12-20-41)49(55-32-39-15-7-2-8-16-39)47(59-48)36-54-31-38-13-5-1-6-14-38/h1-26,30,45,47-51H,27-29,31-36H2/t45?,47-,48+,49-,50+,51+/m1/s1. The van der Waals surface area contributed by atoms with Crippen molar-refractivity contribution in [3.8, 4) is 5.75 Å². The maximum Gasteiger partial charge on any atom is 0.124 e. The second kappa shape index (κ2) is 20.9. The topological polar surface area (TPSA) is 64.6 Å². The van der Waals surface area contributed by atoms with Gasteiger partial charge < -0.3 is 33.2 Å². The molecule has 59 heavy (non-hydrogen) atoms. The smallest absolute Gasteiger partial charge is 0.124 e. The Balaban J connectivity index is 1.12. The second-order valence-electron chi connectivity index (χ2n) is 15.2. The van der Waals surface area contributed by atoms with E-state index in [1.165, 1.54) is 0 Å². The number of hydrogen-bond donors (Lipinski definition) is 0. The first-order valence-corrected chi connectivity index (χ1v) is 20.9. The van der Waals surface area contributed by atoms with Crippen LogP contribution < -0.4 is 4.74 Å². The Bertz CT molecular complexity index is 2130. The van der Waals surface area contributed by atoms with E-state index in [1.807, 2.05) is 97.1 Å². The van der Waals surface area contributed by atoms with Gasteiger partial charge in [0.1, 0.15) is 42.4 Å². The molecule has 6 aromatic rings. The van der Waals surface area contributed by atoms with Crippen molar-refractivity contribution >= 4 is 11.6 Å². The predicted octanol–water partition coefficient (Wildman–Crippen LogP) is 10.5. The first kappa shape index (κ1) is 40.9. The number of halogens is 1. The van der Waals surface area contributed by atoms with E-state index < -0.39 is 30.5 Å². The maximum atomic E-state index is 7.19. The lowest BCUT2D eigenvalue weighted by molar-refractivity contribution is -0.275. The van der Waals surface area contributed by atoms with E-state index in [9.17, 15) is 0 Å². The molecule has 0 bridgehead atoms. The molecule has 0 spiro atoms. The van der Waals surface area contributed by atoms with E-state index >= 15 is 0 Å². The van der Waals surface area contributed by atoms with Gasteiger partial charge in [-0.05, 0) is 63.6 Å². The molecule has 6 atom stereocenters. The van der Waals surface area contributed by atoms with Crippen LogP contribution in [0, 0.1) is 0 Å². The molecule has 2 aliphatic heterocycles. The summed E-state index contributed by atoms with van der Waals surface area (Å²) in [7, 11) is 0. The number of rotatable bonds is 18. The molecule has 0 aliphatic carbocycles. The minimum absolute atomic E-state index is 0.0934. The molecule has 0 aromatic heterocycles. The van der Waals surface area contributed by atoms with Gasteiger partial charge in [-0.1, -0.05) is 157 Å². The SMILES string of the molecule is Clc1ccc([C@@H]2O[C@H](COCc3ccccc3)[C@@H](OCc3ccccc3)[C@H](OCc3ccccc3)[C@H]2OCc2ccccc2)cc1Cc1ccc(OC2CCOC2)cc1. The zero-order valence-corrected chi connectivity index (χ0v) is 33.9. The number of hydrogen-bond acceptors (Lipinski definition) is 7. The molecular formula is C51H51ClO7. The van der Waals surface area contributed by atoms with Crippen molar-refractivity contribution in [1.82, 2.24) is 0 Å². The van der Waals surface area contributed by atoms with Crippen molar-refractivity contribution in [2.24, 2.45) is 0 Å². The fourth-order valence-corrected chi connectivity index (χ4v) is 7.85. The van der Waals surface area contributed by atoms with E-state index in [0.29, 0.717) is 44.5 Å². The molecule has 304 valence electrons. The molecule has 8 rings (SSSR count). The molecule has 8 heteroatoms. The molecule has 2 saturated heterocycles. The van der Waals surface area contributed by atoms with Gasteiger partial charge in [0.2, 0.25) is 0 Å². The van der Waals surface area contributed by atoms with Crippen LogP contribution in [0.1, 0.15) is 51.5 Å². The molecule has 7 nitrogen and oxygen atoms in total. The first-order chi connectivity index (χ1) is 29.1. The average molecular weight is 811 g/mol. The number of benzene rings is 6. The van der Waals surface area contributed by atoms with Gasteiger partial charge in [-0.3, -0.25) is 0 Å². The minimum Gasteiger partial charge on any atom is -0.488 e. The highest BCUT2D eigenvalue weighted by molar-refractivity contribution is 6.31. The molecule has 0 N–H and O–H groups in total. The normalized spacial score (nSPS) is 21.6. The van der Waals surface area contributed by atoms with Gasteiger partial charge in [0, 0.05) is 11.4 Å². The van der Waals surface area contributed by atoms with Crippen LogP contribution in [0.25, 0.3) is 0 Å². The van der Waals surface area contributed by atoms with Crippen LogP contribution >= 0.6 is 11.6 Å². The Morgan fingerprint density at radius 1 is 0.542 bits per heavy atom. The molecule has 2 fully saturated rings. The van der Waals surface area contributed by atoms with E-state index in [-0.39, 0.29) is 12.7 Å². The fourth-order valence-electron chi connectivity index (χ4n) is 7.67. The molecule has 0 amide bonds. The lowest BCUT2D eigenvalue weighted by Gasteiger charge is -2.46. The van der Waals surface area contributed by atoms with Crippen LogP contribution in [0.5, 0.6) is 5.75 Å². The summed E-state index contributed by atoms with van der Waals surface area (Å²) in [5.41, 5.74) is 7.27. The highest BCUT2D eigenvalue weighted by Crippen LogP contribution is 2.40. The Morgan fingerprint density at radius 3 is 1.64 bits per heavy atom. The van der Waals surface area contributed by atoms with Crippen molar-refractivity contribution in [2.75, 3.05) is 19.8 Å². The van der Waals surface area contributed by atoms with Gasteiger partial charge in [-0.15, -0.1) is 0 Å². The summed E-state index contributed by atoms with van der Waals surface area (Å²) in [5, 5.41) is 0.679. The van der Waals surface area contributed by atoms with Crippen LogP contribution in [0.15, 0.2) is 164 Å². The molecule has 1 unspecified atom stereocenters. The lowest BCUT2D eigenvalue weighted by Crippen LogP contribution is -2.58. The third kappa shape index (κ3) is 11.5. The van der Waals surface area contributed by atoms with Crippen molar-refractivity contribution in [3.63, 3.8) is 0 Å². The highest BCUT2D eigenvalue weighted by Gasteiger charge is 2.49. The maximum absolute atomic E-state index is 7.19. The van der Waals surface area contributed by atoms with Gasteiger partial charge in [-0.25, -0.2) is 0 Å². The Hall–Kier alpha value is -4.83. The van der Waals surface area contributed by atoms with Crippen molar-refractivity contribution in [3.05, 3.63) is 208 Å². The second-order valence-corrected chi connectivity index (χ2v) is 15.6. The summed E-state index contributed by atoms with van der Waals surface area (Å²) in [4.78, 5) is 0. The van der Waals surface area contributed by atoms with E-state index in [4.69, 9.17) is 44.8 Å². The molecular weight excluding hydrogens is 760 g/mol. The molecule has 0 saturated carbocycles. The van der Waals surface area contributed by atoms with Gasteiger partial charge >= 0.3 is 0 Å². The van der Waals surface area contributed by atoms with E-state index in [2.05, 4.69) is 66.7 Å². The molecule has 2 aliphatic rings. The van der Waals surface area contributed by atoms with Gasteiger partial charge in [0.25, 0.3) is 0 Å². The van der Waals surface area contributed by atoms with E-state index in [1.54, 1.807) is 0 Å². The van der Waals surface area contributed by atoms with E-state index in [0.717, 1.165) is 57.7 Å². The lowest BCUT2D eigenvalue weighted by atomic mass is 9.89. The fraction of sp³-hybridized carbons (Fsp3) is 0.294. The summed E-state index contributed by atoms with van der Waals surface area (Å²) in [6.07, 6.45) is -1.04. The molecule has 6 aromatic carbocycles. The molecule has 0 radical (unpaired) electrons. The summed E-state index contributed by atoms with van der Waals surface area (Å²) < 4.78 is 46.1. The highest BCUT2D eigenvalue weighted by atomic mass is 35.5. The monoisotopic (exact) mass is 810 g/mol. The largest absolute Gasteiger partial charge is 0.488 e. The summed E-state index contributed by atoms with van der Waals surface area (Å²) in [6.45, 7) is 3.18. The van der Waals surface area contributed by atoms with Crippen molar-refractivity contribution in [1.29, 1.82) is 0 Å². The van der Waals surface area contributed by atoms with Crippen LogP contribution in [-0.4, -0.2) is 50.3 Å². The molecule has 2 heterocycles. The van der Waals surface area contributed by atoms with Crippen molar-refractivity contribution in [2.45, 2.75) is 75.9 Å². The Labute approximate surface area is 352 Å². The summed E-state index contributed by atoms with van der Waals surface area (Å²) in [6, 6.07) is 55.1. The van der Waals surface area contributed by atoms with Crippen LogP contribution in [-0.2, 0) is 61.3 Å². The Morgan fingerprint density at radius 2 is 1.08 bits per heavy atom. The van der Waals surface area contributed by atoms with Crippen molar-refractivity contribution < 1.29 is 33.2 Å². The first-order valence-electron chi connectivity index (χ1n) is 20.5. The quantitative estimate of drug-likeness (QED) is 0.0857. The number of ether oxygens (including phenoxy) is 7. The third-order valence-electron chi connectivity index (χ3n) is 10.8. The summed E-state index contributed by atoms with van der Waals surface area (Å²) >= 11 is 6.96.